The van der Waals surface area contributed by atoms with Crippen molar-refractivity contribution in [1.29, 1.82) is 0 Å². The summed E-state index contributed by atoms with van der Waals surface area (Å²) in [6.07, 6.45) is 0.851. The molecule has 0 saturated carbocycles. The number of hydrogen-bond donors (Lipinski definition) is 3. The Morgan fingerprint density at radius 1 is 1.00 bits per heavy atom. The molecule has 0 radical (unpaired) electrons. The van der Waals surface area contributed by atoms with E-state index in [0.717, 1.165) is 22.3 Å². The molecule has 3 rings (SSSR count). The van der Waals surface area contributed by atoms with Crippen molar-refractivity contribution in [3.05, 3.63) is 59.7 Å². The normalized spacial score (nSPS) is 13.5. The maximum absolute atomic E-state index is 13.0. The van der Waals surface area contributed by atoms with Crippen LogP contribution in [0.3, 0.4) is 0 Å². The lowest BCUT2D eigenvalue weighted by molar-refractivity contribution is -0.138. The van der Waals surface area contributed by atoms with Gasteiger partial charge < -0.3 is 20.5 Å². The maximum atomic E-state index is 13.0. The number of carbonyl (C=O) groups excluding carboxylic acids is 2. The van der Waals surface area contributed by atoms with E-state index in [1.807, 2.05) is 38.1 Å². The van der Waals surface area contributed by atoms with E-state index >= 15 is 0 Å². The second-order valence-electron chi connectivity index (χ2n) is 8.97. The average Bonchev–Trinajstić information content (AvgIpc) is 3.16. The van der Waals surface area contributed by atoms with Crippen LogP contribution in [0, 0.1) is 5.41 Å². The first kappa shape index (κ1) is 25.3. The minimum atomic E-state index is -0.893. The molecule has 2 aromatic carbocycles. The van der Waals surface area contributed by atoms with E-state index in [-0.39, 0.29) is 37.4 Å². The van der Waals surface area contributed by atoms with E-state index in [1.165, 1.54) is 0 Å². The van der Waals surface area contributed by atoms with Crippen LogP contribution in [0.15, 0.2) is 48.5 Å². The molecular formula is C27H34N2O5. The third kappa shape index (κ3) is 5.58. The highest BCUT2D eigenvalue weighted by Gasteiger charge is 2.36. The number of alkyl carbamates (subject to hydrolysis) is 1. The fourth-order valence-electron chi connectivity index (χ4n) is 4.58. The molecule has 34 heavy (non-hydrogen) atoms. The van der Waals surface area contributed by atoms with Crippen LogP contribution in [0.1, 0.15) is 63.5 Å². The number of carbonyl (C=O) groups is 3. The summed E-state index contributed by atoms with van der Waals surface area (Å²) in [5.41, 5.74) is 3.82. The Balaban J connectivity index is 1.59. The van der Waals surface area contributed by atoms with Gasteiger partial charge in [-0.3, -0.25) is 9.59 Å². The Bertz CT molecular complexity index is 986. The number of benzene rings is 2. The number of rotatable bonds is 11. The first-order chi connectivity index (χ1) is 16.3. The summed E-state index contributed by atoms with van der Waals surface area (Å²) >= 11 is 0. The number of nitrogens with one attached hydrogen (secondary N) is 2. The van der Waals surface area contributed by atoms with Gasteiger partial charge in [-0.05, 0) is 48.4 Å². The van der Waals surface area contributed by atoms with Gasteiger partial charge in [0.05, 0.1) is 5.41 Å². The van der Waals surface area contributed by atoms with Crippen molar-refractivity contribution in [2.45, 2.75) is 58.4 Å². The number of hydrogen-bond acceptors (Lipinski definition) is 4. The van der Waals surface area contributed by atoms with Crippen molar-refractivity contribution in [1.82, 2.24) is 10.6 Å². The van der Waals surface area contributed by atoms with Crippen molar-refractivity contribution in [3.8, 4) is 11.1 Å². The topological polar surface area (TPSA) is 105 Å². The highest BCUT2D eigenvalue weighted by Crippen LogP contribution is 2.44. The van der Waals surface area contributed by atoms with Crippen LogP contribution in [-0.4, -0.2) is 42.3 Å². The Kier molecular flexibility index (Phi) is 8.31. The third-order valence-electron chi connectivity index (χ3n) is 6.92. The molecule has 182 valence electrons. The molecule has 2 amide bonds. The van der Waals surface area contributed by atoms with Crippen molar-refractivity contribution in [2.24, 2.45) is 5.41 Å². The Morgan fingerprint density at radius 3 is 2.09 bits per heavy atom. The Morgan fingerprint density at radius 2 is 1.56 bits per heavy atom. The van der Waals surface area contributed by atoms with Crippen LogP contribution in [0.4, 0.5) is 4.79 Å². The van der Waals surface area contributed by atoms with Gasteiger partial charge in [0.1, 0.15) is 6.61 Å². The number of carboxylic acid groups (broad SMARTS) is 1. The van der Waals surface area contributed by atoms with Gasteiger partial charge in [0.15, 0.2) is 0 Å². The SMILES string of the molecule is CCC(CC)(CNC(=O)OCC1c2ccccc2-c2ccccc21)C(=O)NC(C)CCC(=O)O. The lowest BCUT2D eigenvalue weighted by Gasteiger charge is -2.31. The number of fused-ring (bicyclic) bond motifs is 3. The highest BCUT2D eigenvalue weighted by molar-refractivity contribution is 5.84. The van der Waals surface area contributed by atoms with Gasteiger partial charge in [-0.25, -0.2) is 4.79 Å². The summed E-state index contributed by atoms with van der Waals surface area (Å²) in [7, 11) is 0. The molecule has 2 aromatic rings. The first-order valence-corrected chi connectivity index (χ1v) is 11.9. The highest BCUT2D eigenvalue weighted by atomic mass is 16.5. The molecule has 1 aliphatic carbocycles. The van der Waals surface area contributed by atoms with Crippen molar-refractivity contribution in [2.75, 3.05) is 13.2 Å². The molecule has 1 aliphatic rings. The Hall–Kier alpha value is -3.35. The summed E-state index contributed by atoms with van der Waals surface area (Å²) in [6, 6.07) is 16.0. The minimum Gasteiger partial charge on any atom is -0.481 e. The molecule has 0 saturated heterocycles. The van der Waals surface area contributed by atoms with Crippen molar-refractivity contribution < 1.29 is 24.2 Å². The van der Waals surface area contributed by atoms with E-state index in [1.54, 1.807) is 6.92 Å². The van der Waals surface area contributed by atoms with Crippen LogP contribution in [0.25, 0.3) is 11.1 Å². The van der Waals surface area contributed by atoms with E-state index < -0.39 is 17.5 Å². The minimum absolute atomic E-state index is 0.00923. The summed E-state index contributed by atoms with van der Waals surface area (Å²) in [5.74, 6) is -1.11. The fourth-order valence-corrected chi connectivity index (χ4v) is 4.58. The first-order valence-electron chi connectivity index (χ1n) is 11.9. The smallest absolute Gasteiger partial charge is 0.407 e. The number of carboxylic acids is 1. The standard InChI is InChI=1S/C27H34N2O5/c1-4-27(5-2,25(32)29-18(3)14-15-24(30)31)17-28-26(33)34-16-23-21-12-8-6-10-19(21)20-11-7-9-13-22(20)23/h6-13,18,23H,4-5,14-17H2,1-3H3,(H,28,33)(H,29,32)(H,30,31). The summed E-state index contributed by atoms with van der Waals surface area (Å²) in [4.78, 5) is 36.4. The monoisotopic (exact) mass is 466 g/mol. The van der Waals surface area contributed by atoms with Crippen LogP contribution >= 0.6 is 0 Å². The van der Waals surface area contributed by atoms with Gasteiger partial charge in [0.25, 0.3) is 0 Å². The van der Waals surface area contributed by atoms with Gasteiger partial charge >= 0.3 is 12.1 Å². The summed E-state index contributed by atoms with van der Waals surface area (Å²) in [6.45, 7) is 5.96. The van der Waals surface area contributed by atoms with E-state index in [9.17, 15) is 14.4 Å². The number of aliphatic carboxylic acids is 1. The average molecular weight is 467 g/mol. The molecule has 7 nitrogen and oxygen atoms in total. The molecular weight excluding hydrogens is 432 g/mol. The van der Waals surface area contributed by atoms with Crippen molar-refractivity contribution in [3.63, 3.8) is 0 Å². The van der Waals surface area contributed by atoms with Gasteiger partial charge in [-0.2, -0.15) is 0 Å². The van der Waals surface area contributed by atoms with Crippen LogP contribution in [-0.2, 0) is 14.3 Å². The molecule has 0 bridgehead atoms. The zero-order valence-electron chi connectivity index (χ0n) is 20.1. The van der Waals surface area contributed by atoms with Gasteiger partial charge in [0, 0.05) is 24.9 Å². The predicted molar refractivity (Wildman–Crippen MR) is 131 cm³/mol. The third-order valence-corrected chi connectivity index (χ3v) is 6.92. The molecule has 3 N–H and O–H groups in total. The lowest BCUT2D eigenvalue weighted by Crippen LogP contribution is -2.50. The molecule has 0 aliphatic heterocycles. The van der Waals surface area contributed by atoms with Gasteiger partial charge in [0.2, 0.25) is 5.91 Å². The molecule has 0 spiro atoms. The predicted octanol–water partition coefficient (Wildman–Crippen LogP) is 4.70. The Labute approximate surface area is 200 Å². The van der Waals surface area contributed by atoms with E-state index in [0.29, 0.717) is 19.3 Å². The van der Waals surface area contributed by atoms with Crippen LogP contribution < -0.4 is 10.6 Å². The molecule has 1 unspecified atom stereocenters. The van der Waals surface area contributed by atoms with Crippen LogP contribution in [0.2, 0.25) is 0 Å². The molecule has 0 aromatic heterocycles. The summed E-state index contributed by atoms with van der Waals surface area (Å²) in [5, 5.41) is 14.5. The zero-order valence-corrected chi connectivity index (χ0v) is 20.1. The molecule has 1 atom stereocenters. The number of amides is 2. The maximum Gasteiger partial charge on any atom is 0.407 e. The molecule has 0 fully saturated rings. The van der Waals surface area contributed by atoms with Gasteiger partial charge in [-0.1, -0.05) is 62.4 Å². The fraction of sp³-hybridized carbons (Fsp3) is 0.444. The number of ether oxygens (including phenoxy) is 1. The largest absolute Gasteiger partial charge is 0.481 e. The summed E-state index contributed by atoms with van der Waals surface area (Å²) < 4.78 is 5.60. The van der Waals surface area contributed by atoms with Crippen LogP contribution in [0.5, 0.6) is 0 Å². The lowest BCUT2D eigenvalue weighted by atomic mass is 9.81. The van der Waals surface area contributed by atoms with Crippen molar-refractivity contribution >= 4 is 18.0 Å². The molecule has 0 heterocycles. The second-order valence-corrected chi connectivity index (χ2v) is 8.97. The van der Waals surface area contributed by atoms with E-state index in [4.69, 9.17) is 9.84 Å². The second kappa shape index (κ2) is 11.2. The van der Waals surface area contributed by atoms with Gasteiger partial charge in [-0.15, -0.1) is 0 Å². The van der Waals surface area contributed by atoms with E-state index in [2.05, 4.69) is 34.9 Å². The quantitative estimate of drug-likeness (QED) is 0.445. The molecule has 7 heteroatoms. The zero-order chi connectivity index (χ0) is 24.7.